The van der Waals surface area contributed by atoms with Gasteiger partial charge in [0.25, 0.3) is 0 Å². The quantitative estimate of drug-likeness (QED) is 0.593. The molecular formula is C14H17NO4. The Bertz CT molecular complexity index is 468. The molecule has 0 fully saturated rings. The highest BCUT2D eigenvalue weighted by Crippen LogP contribution is 2.10. The van der Waals surface area contributed by atoms with Gasteiger partial charge in [0.15, 0.2) is 0 Å². The lowest BCUT2D eigenvalue weighted by atomic mass is 10.2. The summed E-state index contributed by atoms with van der Waals surface area (Å²) in [4.78, 5) is 24.6. The first-order valence-electron chi connectivity index (χ1n) is 5.71. The Balaban J connectivity index is 2.89. The van der Waals surface area contributed by atoms with Crippen molar-refractivity contribution in [3.05, 3.63) is 47.7 Å². The van der Waals surface area contributed by atoms with Crippen LogP contribution in [0, 0.1) is 0 Å². The Morgan fingerprint density at radius 2 is 1.79 bits per heavy atom. The Morgan fingerprint density at radius 1 is 1.16 bits per heavy atom. The number of ether oxygens (including phenoxy) is 2. The number of benzene rings is 1. The van der Waals surface area contributed by atoms with E-state index in [0.717, 1.165) is 11.6 Å². The van der Waals surface area contributed by atoms with Crippen LogP contribution in [0.2, 0.25) is 0 Å². The molecule has 1 rings (SSSR count). The van der Waals surface area contributed by atoms with Crippen LogP contribution in [0.25, 0.3) is 0 Å². The van der Waals surface area contributed by atoms with Gasteiger partial charge in [0.2, 0.25) is 0 Å². The number of hydrogen-bond acceptors (Lipinski definition) is 5. The van der Waals surface area contributed by atoms with Crippen LogP contribution in [0.4, 0.5) is 0 Å². The molecule has 0 bridgehead atoms. The molecule has 1 aromatic rings. The predicted octanol–water partition coefficient (Wildman–Crippen LogP) is 1.35. The summed E-state index contributed by atoms with van der Waals surface area (Å²) in [5, 5.41) is 0. The van der Waals surface area contributed by atoms with Crippen molar-refractivity contribution >= 4 is 11.9 Å². The average molecular weight is 263 g/mol. The van der Waals surface area contributed by atoms with Gasteiger partial charge in [-0.15, -0.1) is 0 Å². The van der Waals surface area contributed by atoms with Crippen molar-refractivity contribution in [2.45, 2.75) is 6.54 Å². The first kappa shape index (κ1) is 14.8. The number of nitrogens with zero attached hydrogens (tertiary/aromatic N) is 1. The fourth-order valence-electron chi connectivity index (χ4n) is 1.54. The van der Waals surface area contributed by atoms with E-state index in [4.69, 9.17) is 0 Å². The SMILES string of the molecule is COC(=O)C=C(C(=O)OC)N(C)Cc1ccccc1. The minimum absolute atomic E-state index is 0.151. The molecular weight excluding hydrogens is 246 g/mol. The molecule has 5 nitrogen and oxygen atoms in total. The number of rotatable bonds is 5. The number of methoxy groups -OCH3 is 2. The molecule has 0 radical (unpaired) electrons. The maximum Gasteiger partial charge on any atom is 0.354 e. The van der Waals surface area contributed by atoms with E-state index in [-0.39, 0.29) is 5.70 Å². The molecule has 0 heterocycles. The summed E-state index contributed by atoms with van der Waals surface area (Å²) in [7, 11) is 4.23. The third kappa shape index (κ3) is 4.46. The van der Waals surface area contributed by atoms with E-state index >= 15 is 0 Å². The van der Waals surface area contributed by atoms with Crippen LogP contribution in [0.15, 0.2) is 42.1 Å². The number of hydrogen-bond donors (Lipinski definition) is 0. The molecule has 0 saturated carbocycles. The van der Waals surface area contributed by atoms with E-state index in [1.165, 1.54) is 14.2 Å². The van der Waals surface area contributed by atoms with E-state index in [1.54, 1.807) is 11.9 Å². The van der Waals surface area contributed by atoms with Crippen molar-refractivity contribution in [2.24, 2.45) is 0 Å². The summed E-state index contributed by atoms with van der Waals surface area (Å²) in [5.74, 6) is -1.18. The lowest BCUT2D eigenvalue weighted by molar-refractivity contribution is -0.140. The fraction of sp³-hybridized carbons (Fsp3) is 0.286. The molecule has 0 N–H and O–H groups in total. The van der Waals surface area contributed by atoms with Crippen LogP contribution in [-0.4, -0.2) is 38.1 Å². The minimum Gasteiger partial charge on any atom is -0.466 e. The number of carbonyl (C=O) groups excluding carboxylic acids is 2. The molecule has 1 aromatic carbocycles. The zero-order valence-electron chi connectivity index (χ0n) is 11.3. The fourth-order valence-corrected chi connectivity index (χ4v) is 1.54. The zero-order chi connectivity index (χ0) is 14.3. The summed E-state index contributed by atoms with van der Waals surface area (Å²) in [5.41, 5.74) is 1.17. The van der Waals surface area contributed by atoms with Gasteiger partial charge >= 0.3 is 11.9 Å². The molecule has 0 atom stereocenters. The lowest BCUT2D eigenvalue weighted by Gasteiger charge is -2.20. The highest BCUT2D eigenvalue weighted by atomic mass is 16.5. The highest BCUT2D eigenvalue weighted by molar-refractivity contribution is 5.95. The third-order valence-corrected chi connectivity index (χ3v) is 2.52. The van der Waals surface area contributed by atoms with Gasteiger partial charge in [0, 0.05) is 13.6 Å². The summed E-state index contributed by atoms with van der Waals surface area (Å²) in [6.07, 6.45) is 1.12. The van der Waals surface area contributed by atoms with Crippen LogP contribution in [0.1, 0.15) is 5.56 Å². The second-order valence-electron chi connectivity index (χ2n) is 3.89. The second kappa shape index (κ2) is 7.20. The van der Waals surface area contributed by atoms with Gasteiger partial charge in [-0.2, -0.15) is 0 Å². The van der Waals surface area contributed by atoms with Crippen molar-refractivity contribution < 1.29 is 19.1 Å². The molecule has 0 aliphatic rings. The molecule has 0 aromatic heterocycles. The number of likely N-dealkylation sites (N-methyl/N-ethyl adjacent to an activating group) is 1. The second-order valence-corrected chi connectivity index (χ2v) is 3.89. The molecule has 19 heavy (non-hydrogen) atoms. The molecule has 0 saturated heterocycles. The van der Waals surface area contributed by atoms with E-state index in [2.05, 4.69) is 9.47 Å². The Kier molecular flexibility index (Phi) is 5.60. The average Bonchev–Trinajstić information content (AvgIpc) is 2.44. The Labute approximate surface area is 112 Å². The van der Waals surface area contributed by atoms with Crippen LogP contribution < -0.4 is 0 Å². The zero-order valence-corrected chi connectivity index (χ0v) is 11.3. The Hall–Kier alpha value is -2.30. The van der Waals surface area contributed by atoms with Crippen molar-refractivity contribution in [3.8, 4) is 0 Å². The molecule has 0 amide bonds. The molecule has 0 aliphatic heterocycles. The molecule has 5 heteroatoms. The van der Waals surface area contributed by atoms with Gasteiger partial charge < -0.3 is 14.4 Å². The van der Waals surface area contributed by atoms with E-state index in [9.17, 15) is 9.59 Å². The first-order valence-corrected chi connectivity index (χ1v) is 5.71. The summed E-state index contributed by atoms with van der Waals surface area (Å²) in [6, 6.07) is 9.60. The summed E-state index contributed by atoms with van der Waals surface area (Å²) >= 11 is 0. The van der Waals surface area contributed by atoms with Gasteiger partial charge in [-0.3, -0.25) is 0 Å². The number of esters is 2. The van der Waals surface area contributed by atoms with Gasteiger partial charge in [-0.05, 0) is 5.56 Å². The van der Waals surface area contributed by atoms with E-state index in [0.29, 0.717) is 6.54 Å². The lowest BCUT2D eigenvalue weighted by Crippen LogP contribution is -2.25. The molecule has 0 spiro atoms. The van der Waals surface area contributed by atoms with Gasteiger partial charge in [-0.1, -0.05) is 30.3 Å². The van der Waals surface area contributed by atoms with Crippen molar-refractivity contribution in [3.63, 3.8) is 0 Å². The van der Waals surface area contributed by atoms with Crippen LogP contribution in [0.3, 0.4) is 0 Å². The number of carbonyl (C=O) groups is 2. The predicted molar refractivity (Wildman–Crippen MR) is 70.0 cm³/mol. The monoisotopic (exact) mass is 263 g/mol. The van der Waals surface area contributed by atoms with Crippen LogP contribution in [-0.2, 0) is 25.6 Å². The van der Waals surface area contributed by atoms with Crippen molar-refractivity contribution in [2.75, 3.05) is 21.3 Å². The van der Waals surface area contributed by atoms with Gasteiger partial charge in [0.1, 0.15) is 5.70 Å². The van der Waals surface area contributed by atoms with E-state index in [1.807, 2.05) is 30.3 Å². The molecule has 102 valence electrons. The Morgan fingerprint density at radius 3 is 2.32 bits per heavy atom. The maximum atomic E-state index is 11.7. The van der Waals surface area contributed by atoms with Crippen LogP contribution in [0.5, 0.6) is 0 Å². The van der Waals surface area contributed by atoms with Crippen molar-refractivity contribution in [1.29, 1.82) is 0 Å². The largest absolute Gasteiger partial charge is 0.466 e. The smallest absolute Gasteiger partial charge is 0.354 e. The topological polar surface area (TPSA) is 55.8 Å². The minimum atomic E-state index is -0.597. The normalized spacial score (nSPS) is 10.8. The summed E-state index contributed by atoms with van der Waals surface area (Å²) < 4.78 is 9.19. The maximum absolute atomic E-state index is 11.7. The van der Waals surface area contributed by atoms with Gasteiger partial charge in [0.05, 0.1) is 20.3 Å². The molecule has 0 aliphatic carbocycles. The summed E-state index contributed by atoms with van der Waals surface area (Å²) in [6.45, 7) is 0.485. The molecule has 0 unspecified atom stereocenters. The highest BCUT2D eigenvalue weighted by Gasteiger charge is 2.17. The first-order chi connectivity index (χ1) is 9.08. The standard InChI is InChI=1S/C14H17NO4/c1-15(10-11-7-5-4-6-8-11)12(14(17)19-3)9-13(16)18-2/h4-9H,10H2,1-3H3. The van der Waals surface area contributed by atoms with Gasteiger partial charge in [-0.25, -0.2) is 9.59 Å². The van der Waals surface area contributed by atoms with Crippen LogP contribution >= 0.6 is 0 Å². The van der Waals surface area contributed by atoms with E-state index < -0.39 is 11.9 Å². The van der Waals surface area contributed by atoms with Crippen molar-refractivity contribution in [1.82, 2.24) is 4.90 Å². The third-order valence-electron chi connectivity index (χ3n) is 2.52.